The largest absolute Gasteiger partial charge is 0.337 e. The van der Waals surface area contributed by atoms with Gasteiger partial charge in [-0.05, 0) is 42.4 Å². The molecule has 0 unspecified atom stereocenters. The molecule has 3 aromatic rings. The van der Waals surface area contributed by atoms with E-state index in [9.17, 15) is 4.79 Å². The number of rotatable bonds is 3. The maximum atomic E-state index is 13.1. The smallest absolute Gasteiger partial charge is 0.267 e. The summed E-state index contributed by atoms with van der Waals surface area (Å²) in [5, 5.41) is 4.01. The van der Waals surface area contributed by atoms with Crippen molar-refractivity contribution in [2.75, 3.05) is 13.1 Å². The quantitative estimate of drug-likeness (QED) is 0.705. The Morgan fingerprint density at radius 3 is 2.19 bits per heavy atom. The van der Waals surface area contributed by atoms with Gasteiger partial charge in [0.2, 0.25) is 0 Å². The van der Waals surface area contributed by atoms with Crippen molar-refractivity contribution in [3.63, 3.8) is 0 Å². The van der Waals surface area contributed by atoms with Gasteiger partial charge in [0, 0.05) is 18.5 Å². The summed E-state index contributed by atoms with van der Waals surface area (Å²) in [6.45, 7) is 3.30. The third-order valence-electron chi connectivity index (χ3n) is 5.28. The van der Waals surface area contributed by atoms with Gasteiger partial charge < -0.3 is 4.90 Å². The second-order valence-corrected chi connectivity index (χ2v) is 7.59. The van der Waals surface area contributed by atoms with Crippen LogP contribution in [0.1, 0.15) is 39.3 Å². The molecule has 1 saturated heterocycles. The van der Waals surface area contributed by atoms with E-state index in [2.05, 4.69) is 58.1 Å². The molecular formula is C21H21N3OS. The van der Waals surface area contributed by atoms with Crippen LogP contribution in [0.25, 0.3) is 0 Å². The van der Waals surface area contributed by atoms with Crippen molar-refractivity contribution >= 4 is 17.4 Å². The van der Waals surface area contributed by atoms with Crippen LogP contribution in [0.15, 0.2) is 60.7 Å². The van der Waals surface area contributed by atoms with Crippen molar-refractivity contribution < 1.29 is 4.79 Å². The molecule has 4 nitrogen and oxygen atoms in total. The number of aromatic nitrogens is 2. The molecule has 2 aromatic carbocycles. The number of benzene rings is 2. The molecular weight excluding hydrogens is 342 g/mol. The maximum absolute atomic E-state index is 13.1. The minimum Gasteiger partial charge on any atom is -0.337 e. The summed E-state index contributed by atoms with van der Waals surface area (Å²) in [7, 11) is 0. The summed E-state index contributed by atoms with van der Waals surface area (Å²) in [6.07, 6.45) is 2.01. The molecule has 0 aliphatic carbocycles. The Hall–Kier alpha value is -2.53. The number of carbonyl (C=O) groups is 1. The summed E-state index contributed by atoms with van der Waals surface area (Å²) in [5.74, 6) is 0.0495. The Morgan fingerprint density at radius 2 is 1.65 bits per heavy atom. The van der Waals surface area contributed by atoms with E-state index in [1.54, 1.807) is 0 Å². The third kappa shape index (κ3) is 2.92. The zero-order valence-electron chi connectivity index (χ0n) is 14.8. The molecule has 1 aliphatic heterocycles. The van der Waals surface area contributed by atoms with Crippen molar-refractivity contribution in [1.29, 1.82) is 0 Å². The number of aryl methyl sites for hydroxylation is 1. The van der Waals surface area contributed by atoms with E-state index in [1.807, 2.05) is 24.0 Å². The third-order valence-corrected chi connectivity index (χ3v) is 6.09. The Labute approximate surface area is 157 Å². The summed E-state index contributed by atoms with van der Waals surface area (Å²) in [5.41, 5.74) is 3.07. The van der Waals surface area contributed by atoms with Gasteiger partial charge in [0.25, 0.3) is 5.91 Å². The molecule has 0 N–H and O–H groups in total. The zero-order valence-corrected chi connectivity index (χ0v) is 15.6. The van der Waals surface area contributed by atoms with Gasteiger partial charge in [0.05, 0.1) is 5.69 Å². The van der Waals surface area contributed by atoms with E-state index < -0.39 is 0 Å². The van der Waals surface area contributed by atoms with E-state index in [-0.39, 0.29) is 11.3 Å². The first-order valence-corrected chi connectivity index (χ1v) is 9.67. The normalized spacial score (nSPS) is 16.4. The van der Waals surface area contributed by atoms with E-state index in [1.165, 1.54) is 22.7 Å². The number of likely N-dealkylation sites (tertiary alicyclic amines) is 1. The molecule has 1 fully saturated rings. The van der Waals surface area contributed by atoms with Crippen molar-refractivity contribution in [2.45, 2.75) is 25.2 Å². The molecule has 132 valence electrons. The highest BCUT2D eigenvalue weighted by molar-refractivity contribution is 7.07. The maximum Gasteiger partial charge on any atom is 0.267 e. The SMILES string of the molecule is Cc1nnsc1C(=O)N1CCCC(c2ccccc2)(c2ccccc2)C1. The van der Waals surface area contributed by atoms with Crippen LogP contribution in [0, 0.1) is 6.92 Å². The van der Waals surface area contributed by atoms with Gasteiger partial charge in [-0.3, -0.25) is 4.79 Å². The van der Waals surface area contributed by atoms with Crippen LogP contribution >= 0.6 is 11.5 Å². The molecule has 1 amide bonds. The van der Waals surface area contributed by atoms with E-state index in [4.69, 9.17) is 0 Å². The topological polar surface area (TPSA) is 46.1 Å². The zero-order chi connectivity index (χ0) is 18.0. The Kier molecular flexibility index (Phi) is 4.55. The van der Waals surface area contributed by atoms with Crippen molar-refractivity contribution in [3.8, 4) is 0 Å². The molecule has 0 saturated carbocycles. The average molecular weight is 363 g/mol. The van der Waals surface area contributed by atoms with E-state index in [0.717, 1.165) is 25.1 Å². The molecule has 26 heavy (non-hydrogen) atoms. The van der Waals surface area contributed by atoms with Gasteiger partial charge in [-0.2, -0.15) is 0 Å². The lowest BCUT2D eigenvalue weighted by molar-refractivity contribution is 0.0670. The molecule has 0 radical (unpaired) electrons. The van der Waals surface area contributed by atoms with Gasteiger partial charge in [-0.25, -0.2) is 0 Å². The second-order valence-electron chi connectivity index (χ2n) is 6.83. The predicted molar refractivity (Wildman–Crippen MR) is 103 cm³/mol. The van der Waals surface area contributed by atoms with Crippen LogP contribution in [0.5, 0.6) is 0 Å². The lowest BCUT2D eigenvalue weighted by Gasteiger charge is -2.43. The minimum atomic E-state index is -0.178. The van der Waals surface area contributed by atoms with Crippen LogP contribution in [0.2, 0.25) is 0 Å². The molecule has 0 atom stereocenters. The second kappa shape index (κ2) is 7.00. The molecule has 1 aliphatic rings. The van der Waals surface area contributed by atoms with Crippen LogP contribution in [0.3, 0.4) is 0 Å². The number of hydrogen-bond acceptors (Lipinski definition) is 4. The monoisotopic (exact) mass is 363 g/mol. The van der Waals surface area contributed by atoms with Crippen LogP contribution < -0.4 is 0 Å². The highest BCUT2D eigenvalue weighted by Crippen LogP contribution is 2.40. The number of piperidine rings is 1. The van der Waals surface area contributed by atoms with Crippen LogP contribution in [-0.2, 0) is 5.41 Å². The fourth-order valence-electron chi connectivity index (χ4n) is 3.95. The average Bonchev–Trinajstić information content (AvgIpc) is 3.14. The number of carbonyl (C=O) groups excluding carboxylic acids is 1. The Balaban J connectivity index is 1.75. The molecule has 0 spiro atoms. The standard InChI is InChI=1S/C21H21N3OS/c1-16-19(26-23-22-16)20(25)24-14-8-13-21(15-24,17-9-4-2-5-10-17)18-11-6-3-7-12-18/h2-7,9-12H,8,13-15H2,1H3. The molecule has 4 rings (SSSR count). The summed E-state index contributed by atoms with van der Waals surface area (Å²) >= 11 is 1.19. The number of hydrogen-bond donors (Lipinski definition) is 0. The van der Waals surface area contributed by atoms with Gasteiger partial charge in [0.1, 0.15) is 4.88 Å². The van der Waals surface area contributed by atoms with Gasteiger partial charge >= 0.3 is 0 Å². The molecule has 0 bridgehead atoms. The fraction of sp³-hybridized carbons (Fsp3) is 0.286. The lowest BCUT2D eigenvalue weighted by atomic mass is 9.69. The Bertz CT molecular complexity index is 852. The molecule has 2 heterocycles. The van der Waals surface area contributed by atoms with Gasteiger partial charge in [-0.15, -0.1) is 5.10 Å². The summed E-state index contributed by atoms with van der Waals surface area (Å²) < 4.78 is 3.93. The number of nitrogens with zero attached hydrogens (tertiary/aromatic N) is 3. The molecule has 1 aromatic heterocycles. The van der Waals surface area contributed by atoms with E-state index >= 15 is 0 Å². The first kappa shape index (κ1) is 16.9. The summed E-state index contributed by atoms with van der Waals surface area (Å²) in [4.78, 5) is 15.7. The highest BCUT2D eigenvalue weighted by Gasteiger charge is 2.40. The van der Waals surface area contributed by atoms with Crippen LogP contribution in [0.4, 0.5) is 0 Å². The minimum absolute atomic E-state index is 0.0495. The van der Waals surface area contributed by atoms with Gasteiger partial charge in [-0.1, -0.05) is 65.2 Å². The molecule has 5 heteroatoms. The highest BCUT2D eigenvalue weighted by atomic mass is 32.1. The van der Waals surface area contributed by atoms with Crippen molar-refractivity contribution in [3.05, 3.63) is 82.4 Å². The summed E-state index contributed by atoms with van der Waals surface area (Å²) in [6, 6.07) is 21.1. The lowest BCUT2D eigenvalue weighted by Crippen LogP contribution is -2.49. The van der Waals surface area contributed by atoms with Crippen LogP contribution in [-0.4, -0.2) is 33.5 Å². The first-order chi connectivity index (χ1) is 12.7. The van der Waals surface area contributed by atoms with E-state index in [0.29, 0.717) is 11.4 Å². The van der Waals surface area contributed by atoms with Gasteiger partial charge in [0.15, 0.2) is 0 Å². The van der Waals surface area contributed by atoms with Crippen molar-refractivity contribution in [1.82, 2.24) is 14.5 Å². The van der Waals surface area contributed by atoms with Crippen molar-refractivity contribution in [2.24, 2.45) is 0 Å². The Morgan fingerprint density at radius 1 is 1.04 bits per heavy atom. The fourth-order valence-corrected chi connectivity index (χ4v) is 4.58. The first-order valence-electron chi connectivity index (χ1n) is 8.90. The number of amides is 1. The predicted octanol–water partition coefficient (Wildman–Crippen LogP) is 4.07.